The number of amides is 2. The molecule has 0 heterocycles. The molecule has 0 unspecified atom stereocenters. The Kier molecular flexibility index (Phi) is 5.90. The number of aromatic carboxylic acids is 1. The third-order valence-electron chi connectivity index (χ3n) is 3.05. The van der Waals surface area contributed by atoms with Gasteiger partial charge in [0, 0.05) is 32.6 Å². The van der Waals surface area contributed by atoms with E-state index in [1.54, 1.807) is 27.1 Å². The van der Waals surface area contributed by atoms with E-state index in [0.717, 1.165) is 5.56 Å². The molecule has 0 bridgehead atoms. The predicted octanol–water partition coefficient (Wildman–Crippen LogP) is 1.89. The lowest BCUT2D eigenvalue weighted by molar-refractivity contribution is -0.128. The second kappa shape index (κ2) is 7.42. The number of anilines is 1. The summed E-state index contributed by atoms with van der Waals surface area (Å²) in [4.78, 5) is 35.6. The van der Waals surface area contributed by atoms with Gasteiger partial charge in [0.25, 0.3) is 0 Å². The van der Waals surface area contributed by atoms with E-state index in [0.29, 0.717) is 18.5 Å². The minimum atomic E-state index is -1.04. The highest BCUT2D eigenvalue weighted by atomic mass is 16.4. The molecule has 0 spiro atoms. The Hall–Kier alpha value is -2.37. The second-order valence-electron chi connectivity index (χ2n) is 5.02. The molecule has 0 atom stereocenters. The van der Waals surface area contributed by atoms with Crippen LogP contribution in [0, 0.1) is 6.92 Å². The van der Waals surface area contributed by atoms with Gasteiger partial charge in [-0.1, -0.05) is 6.07 Å². The molecule has 0 aliphatic rings. The van der Waals surface area contributed by atoms with E-state index in [2.05, 4.69) is 5.32 Å². The minimum absolute atomic E-state index is 0.0214. The lowest BCUT2D eigenvalue weighted by Gasteiger charge is -2.11. The number of hydrogen-bond acceptors (Lipinski definition) is 3. The van der Waals surface area contributed by atoms with Gasteiger partial charge in [0.05, 0.1) is 5.56 Å². The van der Waals surface area contributed by atoms with Gasteiger partial charge in [0.15, 0.2) is 0 Å². The van der Waals surface area contributed by atoms with E-state index < -0.39 is 5.97 Å². The Labute approximate surface area is 123 Å². The summed E-state index contributed by atoms with van der Waals surface area (Å²) in [6, 6.07) is 4.57. The first-order valence-electron chi connectivity index (χ1n) is 6.65. The van der Waals surface area contributed by atoms with Crippen molar-refractivity contribution in [1.82, 2.24) is 4.90 Å². The summed E-state index contributed by atoms with van der Waals surface area (Å²) in [6.07, 6.45) is 0.991. The zero-order chi connectivity index (χ0) is 16.0. The van der Waals surface area contributed by atoms with Crippen molar-refractivity contribution in [3.8, 4) is 0 Å². The van der Waals surface area contributed by atoms with E-state index in [4.69, 9.17) is 5.11 Å². The van der Waals surface area contributed by atoms with Gasteiger partial charge < -0.3 is 15.3 Å². The number of benzene rings is 1. The van der Waals surface area contributed by atoms with Crippen LogP contribution in [0.3, 0.4) is 0 Å². The van der Waals surface area contributed by atoms with Crippen LogP contribution in [0.2, 0.25) is 0 Å². The van der Waals surface area contributed by atoms with Crippen molar-refractivity contribution in [3.05, 3.63) is 29.3 Å². The lowest BCUT2D eigenvalue weighted by atomic mass is 10.1. The van der Waals surface area contributed by atoms with Crippen molar-refractivity contribution in [2.75, 3.05) is 19.4 Å². The largest absolute Gasteiger partial charge is 0.478 e. The van der Waals surface area contributed by atoms with Gasteiger partial charge in [-0.15, -0.1) is 0 Å². The van der Waals surface area contributed by atoms with Crippen molar-refractivity contribution in [1.29, 1.82) is 0 Å². The van der Waals surface area contributed by atoms with E-state index in [1.165, 1.54) is 17.0 Å². The zero-order valence-corrected chi connectivity index (χ0v) is 12.5. The quantitative estimate of drug-likeness (QED) is 0.838. The molecule has 1 rings (SSSR count). The van der Waals surface area contributed by atoms with Crippen LogP contribution in [0.25, 0.3) is 0 Å². The third kappa shape index (κ3) is 5.25. The third-order valence-corrected chi connectivity index (χ3v) is 3.05. The number of nitrogens with one attached hydrogen (secondary N) is 1. The van der Waals surface area contributed by atoms with Gasteiger partial charge >= 0.3 is 5.97 Å². The summed E-state index contributed by atoms with van der Waals surface area (Å²) >= 11 is 0. The van der Waals surface area contributed by atoms with Gasteiger partial charge in [-0.25, -0.2) is 4.79 Å². The van der Waals surface area contributed by atoms with Crippen molar-refractivity contribution < 1.29 is 19.5 Å². The smallest absolute Gasteiger partial charge is 0.335 e. The first-order chi connectivity index (χ1) is 9.81. The van der Waals surface area contributed by atoms with Gasteiger partial charge in [-0.3, -0.25) is 9.59 Å². The predicted molar refractivity (Wildman–Crippen MR) is 79.3 cm³/mol. The average Bonchev–Trinajstić information content (AvgIpc) is 2.40. The molecule has 0 aromatic heterocycles. The highest BCUT2D eigenvalue weighted by molar-refractivity contribution is 5.94. The Balaban J connectivity index is 2.57. The number of nitrogens with zero attached hydrogens (tertiary/aromatic N) is 1. The first-order valence-corrected chi connectivity index (χ1v) is 6.65. The topological polar surface area (TPSA) is 86.7 Å². The van der Waals surface area contributed by atoms with Gasteiger partial charge in [0.2, 0.25) is 11.8 Å². The molecule has 2 amide bonds. The molecule has 6 nitrogen and oxygen atoms in total. The summed E-state index contributed by atoms with van der Waals surface area (Å²) in [5.74, 6) is -1.29. The normalized spacial score (nSPS) is 10.0. The van der Waals surface area contributed by atoms with Crippen molar-refractivity contribution >= 4 is 23.5 Å². The van der Waals surface area contributed by atoms with Gasteiger partial charge in [-0.05, 0) is 31.0 Å². The minimum Gasteiger partial charge on any atom is -0.478 e. The van der Waals surface area contributed by atoms with Crippen LogP contribution in [0.5, 0.6) is 0 Å². The fourth-order valence-corrected chi connectivity index (χ4v) is 1.73. The van der Waals surface area contributed by atoms with Crippen molar-refractivity contribution in [2.24, 2.45) is 0 Å². The number of carbonyl (C=O) groups excluding carboxylic acids is 2. The summed E-state index contributed by atoms with van der Waals surface area (Å²) < 4.78 is 0. The molecule has 2 N–H and O–H groups in total. The molecule has 0 saturated carbocycles. The maximum absolute atomic E-state index is 11.8. The molecule has 21 heavy (non-hydrogen) atoms. The molecule has 0 saturated heterocycles. The molecule has 0 radical (unpaired) electrons. The molecular formula is C15H20N2O4. The molecule has 0 fully saturated rings. The SMILES string of the molecule is Cc1ccc(C(=O)O)cc1NC(=O)CCCC(=O)N(C)C. The average molecular weight is 292 g/mol. The van der Waals surface area contributed by atoms with E-state index >= 15 is 0 Å². The molecule has 0 aliphatic carbocycles. The summed E-state index contributed by atoms with van der Waals surface area (Å²) in [5.41, 5.74) is 1.40. The van der Waals surface area contributed by atoms with Crippen LogP contribution in [0.15, 0.2) is 18.2 Å². The van der Waals surface area contributed by atoms with Crippen molar-refractivity contribution in [2.45, 2.75) is 26.2 Å². The summed E-state index contributed by atoms with van der Waals surface area (Å²) in [6.45, 7) is 1.79. The fraction of sp³-hybridized carbons (Fsp3) is 0.400. The molecular weight excluding hydrogens is 272 g/mol. The van der Waals surface area contributed by atoms with Gasteiger partial charge in [0.1, 0.15) is 0 Å². The second-order valence-corrected chi connectivity index (χ2v) is 5.02. The Morgan fingerprint density at radius 2 is 1.86 bits per heavy atom. The monoisotopic (exact) mass is 292 g/mol. The number of rotatable bonds is 6. The van der Waals surface area contributed by atoms with Crippen LogP contribution in [0.4, 0.5) is 5.69 Å². The van der Waals surface area contributed by atoms with Crippen LogP contribution < -0.4 is 5.32 Å². The molecule has 1 aromatic carbocycles. The van der Waals surface area contributed by atoms with E-state index in [9.17, 15) is 14.4 Å². The number of carboxylic acids is 1. The maximum Gasteiger partial charge on any atom is 0.335 e. The fourth-order valence-electron chi connectivity index (χ4n) is 1.73. The highest BCUT2D eigenvalue weighted by Gasteiger charge is 2.10. The molecule has 1 aromatic rings. The van der Waals surface area contributed by atoms with Gasteiger partial charge in [-0.2, -0.15) is 0 Å². The molecule has 114 valence electrons. The summed E-state index contributed by atoms with van der Waals surface area (Å²) in [5, 5.41) is 11.6. The van der Waals surface area contributed by atoms with Crippen molar-refractivity contribution in [3.63, 3.8) is 0 Å². The van der Waals surface area contributed by atoms with Crippen LogP contribution >= 0.6 is 0 Å². The molecule has 0 aliphatic heterocycles. The Bertz CT molecular complexity index is 553. The van der Waals surface area contributed by atoms with Crippen LogP contribution in [0.1, 0.15) is 35.2 Å². The first kappa shape index (κ1) is 16.7. The number of hydrogen-bond donors (Lipinski definition) is 2. The standard InChI is InChI=1S/C15H20N2O4/c1-10-7-8-11(15(20)21)9-12(10)16-13(18)5-4-6-14(19)17(2)3/h7-9H,4-6H2,1-3H3,(H,16,18)(H,20,21). The zero-order valence-electron chi connectivity index (χ0n) is 12.5. The highest BCUT2D eigenvalue weighted by Crippen LogP contribution is 2.17. The van der Waals surface area contributed by atoms with Crippen LogP contribution in [-0.2, 0) is 9.59 Å². The van der Waals surface area contributed by atoms with E-state index in [-0.39, 0.29) is 23.8 Å². The summed E-state index contributed by atoms with van der Waals surface area (Å²) in [7, 11) is 3.34. The molecule has 6 heteroatoms. The number of carbonyl (C=O) groups is 3. The number of carboxylic acid groups (broad SMARTS) is 1. The lowest BCUT2D eigenvalue weighted by Crippen LogP contribution is -2.22. The number of aryl methyl sites for hydroxylation is 1. The maximum atomic E-state index is 11.8. The van der Waals surface area contributed by atoms with E-state index in [1.807, 2.05) is 0 Å². The Morgan fingerprint density at radius 1 is 1.19 bits per heavy atom. The Morgan fingerprint density at radius 3 is 2.43 bits per heavy atom. The van der Waals surface area contributed by atoms with Crippen LogP contribution in [-0.4, -0.2) is 41.9 Å².